The van der Waals surface area contributed by atoms with Gasteiger partial charge in [-0.3, -0.25) is 0 Å². The van der Waals surface area contributed by atoms with Gasteiger partial charge in [-0.05, 0) is 26.0 Å². The van der Waals surface area contributed by atoms with E-state index in [0.29, 0.717) is 5.15 Å². The molecule has 1 atom stereocenters. The summed E-state index contributed by atoms with van der Waals surface area (Å²) in [6.07, 6.45) is 1.69. The molecule has 0 aliphatic heterocycles. The summed E-state index contributed by atoms with van der Waals surface area (Å²) in [6, 6.07) is 3.97. The standard InChI is InChI=1S/C15H20ClN3S/c1-9(18-11-7-6-8-17-13(11)16)12-10(2)19-14(20-12)15(3,4)5/h6-9,18H,1-5H3. The zero-order chi connectivity index (χ0) is 14.9. The molecule has 0 fully saturated rings. The molecule has 2 aromatic rings. The summed E-state index contributed by atoms with van der Waals surface area (Å²) in [5.41, 5.74) is 2.02. The van der Waals surface area contributed by atoms with Crippen LogP contribution in [0.3, 0.4) is 0 Å². The summed E-state index contributed by atoms with van der Waals surface area (Å²) in [4.78, 5) is 10.0. The number of thiazole rings is 1. The van der Waals surface area contributed by atoms with Crippen molar-refractivity contribution >= 4 is 28.6 Å². The summed E-state index contributed by atoms with van der Waals surface area (Å²) in [6.45, 7) is 10.7. The van der Waals surface area contributed by atoms with Crippen LogP contribution in [0.4, 0.5) is 5.69 Å². The number of halogens is 1. The first-order valence-corrected chi connectivity index (χ1v) is 7.83. The highest BCUT2D eigenvalue weighted by molar-refractivity contribution is 7.12. The van der Waals surface area contributed by atoms with Crippen LogP contribution >= 0.6 is 22.9 Å². The Kier molecular flexibility index (Phi) is 4.35. The lowest BCUT2D eigenvalue weighted by molar-refractivity contribution is 0.584. The summed E-state index contributed by atoms with van der Waals surface area (Å²) in [5, 5.41) is 5.07. The van der Waals surface area contributed by atoms with E-state index in [9.17, 15) is 0 Å². The maximum absolute atomic E-state index is 6.09. The van der Waals surface area contributed by atoms with Crippen LogP contribution in [0.5, 0.6) is 0 Å². The van der Waals surface area contributed by atoms with Crippen molar-refractivity contribution in [2.75, 3.05) is 5.32 Å². The van der Waals surface area contributed by atoms with E-state index in [1.165, 1.54) is 4.88 Å². The normalized spacial score (nSPS) is 13.3. The fourth-order valence-corrected chi connectivity index (χ4v) is 3.22. The van der Waals surface area contributed by atoms with Crippen LogP contribution in [0.1, 0.15) is 49.3 Å². The van der Waals surface area contributed by atoms with E-state index in [0.717, 1.165) is 16.4 Å². The van der Waals surface area contributed by atoms with Crippen LogP contribution < -0.4 is 5.32 Å². The molecule has 2 heterocycles. The predicted octanol–water partition coefficient (Wildman–Crippen LogP) is 4.97. The first-order chi connectivity index (χ1) is 9.29. The van der Waals surface area contributed by atoms with E-state index >= 15 is 0 Å². The van der Waals surface area contributed by atoms with E-state index in [1.54, 1.807) is 17.5 Å². The van der Waals surface area contributed by atoms with Crippen LogP contribution in [-0.4, -0.2) is 9.97 Å². The molecule has 0 saturated heterocycles. The molecule has 0 aliphatic rings. The van der Waals surface area contributed by atoms with Gasteiger partial charge in [-0.25, -0.2) is 9.97 Å². The van der Waals surface area contributed by atoms with Crippen molar-refractivity contribution in [3.63, 3.8) is 0 Å². The van der Waals surface area contributed by atoms with Gasteiger partial charge in [-0.2, -0.15) is 0 Å². The number of aromatic nitrogens is 2. The summed E-state index contributed by atoms with van der Waals surface area (Å²) >= 11 is 7.85. The van der Waals surface area contributed by atoms with Gasteiger partial charge in [-0.1, -0.05) is 32.4 Å². The average molecular weight is 310 g/mol. The third-order valence-electron chi connectivity index (χ3n) is 3.00. The lowest BCUT2D eigenvalue weighted by atomic mass is 9.98. The van der Waals surface area contributed by atoms with Gasteiger partial charge in [-0.15, -0.1) is 11.3 Å². The number of hydrogen-bond acceptors (Lipinski definition) is 4. The Bertz CT molecular complexity index is 601. The van der Waals surface area contributed by atoms with E-state index < -0.39 is 0 Å². The molecular weight excluding hydrogens is 290 g/mol. The van der Waals surface area contributed by atoms with Gasteiger partial charge in [0.1, 0.15) is 0 Å². The third kappa shape index (κ3) is 3.30. The Morgan fingerprint density at radius 2 is 2.05 bits per heavy atom. The molecule has 0 saturated carbocycles. The monoisotopic (exact) mass is 309 g/mol. The summed E-state index contributed by atoms with van der Waals surface area (Å²) < 4.78 is 0. The maximum Gasteiger partial charge on any atom is 0.152 e. The second-order valence-electron chi connectivity index (χ2n) is 5.93. The minimum atomic E-state index is 0.0827. The number of rotatable bonds is 3. The molecule has 0 bridgehead atoms. The quantitative estimate of drug-likeness (QED) is 0.813. The zero-order valence-corrected chi connectivity index (χ0v) is 14.1. The Morgan fingerprint density at radius 1 is 1.35 bits per heavy atom. The fraction of sp³-hybridized carbons (Fsp3) is 0.467. The number of nitrogens with one attached hydrogen (secondary N) is 1. The third-order valence-corrected chi connectivity index (χ3v) is 5.07. The summed E-state index contributed by atoms with van der Waals surface area (Å²) in [5.74, 6) is 0. The average Bonchev–Trinajstić information content (AvgIpc) is 2.74. The minimum absolute atomic E-state index is 0.0827. The molecule has 2 aromatic heterocycles. The van der Waals surface area contributed by atoms with Crippen molar-refractivity contribution in [2.24, 2.45) is 0 Å². The lowest BCUT2D eigenvalue weighted by Crippen LogP contribution is -2.10. The Balaban J connectivity index is 2.24. The first-order valence-electron chi connectivity index (χ1n) is 6.64. The van der Waals surface area contributed by atoms with Crippen LogP contribution in [-0.2, 0) is 5.41 Å². The van der Waals surface area contributed by atoms with E-state index in [2.05, 4.69) is 44.9 Å². The van der Waals surface area contributed by atoms with Crippen LogP contribution in [0.25, 0.3) is 0 Å². The van der Waals surface area contributed by atoms with Crippen LogP contribution in [0.2, 0.25) is 5.15 Å². The molecule has 1 N–H and O–H groups in total. The van der Waals surface area contributed by atoms with Crippen molar-refractivity contribution in [3.8, 4) is 0 Å². The molecule has 0 amide bonds. The number of nitrogens with zero attached hydrogens (tertiary/aromatic N) is 2. The summed E-state index contributed by atoms with van der Waals surface area (Å²) in [7, 11) is 0. The first kappa shape index (κ1) is 15.3. The number of pyridine rings is 1. The van der Waals surface area contributed by atoms with Gasteiger partial charge in [0.05, 0.1) is 22.4 Å². The van der Waals surface area contributed by atoms with Gasteiger partial charge in [0.15, 0.2) is 5.15 Å². The molecule has 3 nitrogen and oxygen atoms in total. The Hall–Kier alpha value is -1.13. The molecule has 0 aromatic carbocycles. The largest absolute Gasteiger partial charge is 0.375 e. The highest BCUT2D eigenvalue weighted by Crippen LogP contribution is 2.34. The van der Waals surface area contributed by atoms with Crippen molar-refractivity contribution in [1.29, 1.82) is 0 Å². The molecular formula is C15H20ClN3S. The van der Waals surface area contributed by atoms with Crippen molar-refractivity contribution in [2.45, 2.75) is 46.1 Å². The lowest BCUT2D eigenvalue weighted by Gasteiger charge is -2.15. The molecule has 1 unspecified atom stereocenters. The van der Waals surface area contributed by atoms with Crippen molar-refractivity contribution < 1.29 is 0 Å². The van der Waals surface area contributed by atoms with Crippen LogP contribution in [0, 0.1) is 6.92 Å². The second kappa shape index (κ2) is 5.70. The van der Waals surface area contributed by atoms with Crippen molar-refractivity contribution in [3.05, 3.63) is 39.1 Å². The number of hydrogen-bond donors (Lipinski definition) is 1. The SMILES string of the molecule is Cc1nc(C(C)(C)C)sc1C(C)Nc1cccnc1Cl. The molecule has 5 heteroatoms. The molecule has 0 spiro atoms. The van der Waals surface area contributed by atoms with Gasteiger partial charge in [0.25, 0.3) is 0 Å². The molecule has 2 rings (SSSR count). The minimum Gasteiger partial charge on any atom is -0.375 e. The predicted molar refractivity (Wildman–Crippen MR) is 86.8 cm³/mol. The topological polar surface area (TPSA) is 37.8 Å². The maximum atomic E-state index is 6.09. The molecule has 0 radical (unpaired) electrons. The van der Waals surface area contributed by atoms with E-state index in [1.807, 2.05) is 12.1 Å². The molecule has 20 heavy (non-hydrogen) atoms. The van der Waals surface area contributed by atoms with Crippen molar-refractivity contribution in [1.82, 2.24) is 9.97 Å². The fourth-order valence-electron chi connectivity index (χ4n) is 1.92. The second-order valence-corrected chi connectivity index (χ2v) is 7.32. The van der Waals surface area contributed by atoms with Crippen LogP contribution in [0.15, 0.2) is 18.3 Å². The molecule has 108 valence electrons. The zero-order valence-electron chi connectivity index (χ0n) is 12.5. The molecule has 0 aliphatic carbocycles. The van der Waals surface area contributed by atoms with Gasteiger partial charge in [0, 0.05) is 16.5 Å². The highest BCUT2D eigenvalue weighted by Gasteiger charge is 2.22. The number of anilines is 1. The smallest absolute Gasteiger partial charge is 0.152 e. The number of aryl methyl sites for hydroxylation is 1. The highest BCUT2D eigenvalue weighted by atomic mass is 35.5. The Morgan fingerprint density at radius 3 is 2.60 bits per heavy atom. The Labute approximate surface area is 129 Å². The van der Waals surface area contributed by atoms with E-state index in [-0.39, 0.29) is 11.5 Å². The van der Waals surface area contributed by atoms with Gasteiger partial charge >= 0.3 is 0 Å². The van der Waals surface area contributed by atoms with Gasteiger partial charge < -0.3 is 5.32 Å². The van der Waals surface area contributed by atoms with Gasteiger partial charge in [0.2, 0.25) is 0 Å². The van der Waals surface area contributed by atoms with E-state index in [4.69, 9.17) is 16.6 Å².